The van der Waals surface area contributed by atoms with Crippen molar-refractivity contribution in [2.75, 3.05) is 0 Å². The van der Waals surface area contributed by atoms with Crippen LogP contribution in [0, 0.1) is 5.82 Å². The Labute approximate surface area is 123 Å². The van der Waals surface area contributed by atoms with E-state index in [4.69, 9.17) is 11.6 Å². The average molecular weight is 304 g/mol. The molecule has 106 valence electrons. The molecule has 0 aliphatic rings. The van der Waals surface area contributed by atoms with Gasteiger partial charge in [0.15, 0.2) is 0 Å². The molecule has 0 aliphatic carbocycles. The molecule has 0 spiro atoms. The van der Waals surface area contributed by atoms with E-state index in [0.29, 0.717) is 10.8 Å². The number of amides is 1. The summed E-state index contributed by atoms with van der Waals surface area (Å²) in [5.41, 5.74) is 0.600. The molecule has 1 rings (SSSR count). The van der Waals surface area contributed by atoms with E-state index < -0.39 is 0 Å². The van der Waals surface area contributed by atoms with Gasteiger partial charge in [-0.2, -0.15) is 0 Å². The van der Waals surface area contributed by atoms with E-state index in [-0.39, 0.29) is 22.5 Å². The Morgan fingerprint density at radius 2 is 2.11 bits per heavy atom. The van der Waals surface area contributed by atoms with Crippen LogP contribution in [0.15, 0.2) is 18.2 Å². The third-order valence-corrected chi connectivity index (χ3v) is 3.91. The highest BCUT2D eigenvalue weighted by molar-refractivity contribution is 7.99. The van der Waals surface area contributed by atoms with E-state index in [9.17, 15) is 9.18 Å². The van der Waals surface area contributed by atoms with Gasteiger partial charge in [0.05, 0.1) is 5.25 Å². The van der Waals surface area contributed by atoms with Crippen LogP contribution < -0.4 is 5.32 Å². The molecule has 0 fully saturated rings. The number of carbonyl (C=O) groups is 1. The van der Waals surface area contributed by atoms with E-state index in [2.05, 4.69) is 5.32 Å². The van der Waals surface area contributed by atoms with Gasteiger partial charge in [0, 0.05) is 16.3 Å². The zero-order chi connectivity index (χ0) is 14.6. The molecule has 0 bridgehead atoms. The molecule has 0 heterocycles. The van der Waals surface area contributed by atoms with E-state index in [0.717, 1.165) is 5.56 Å². The van der Waals surface area contributed by atoms with Crippen LogP contribution in [0.2, 0.25) is 5.02 Å². The number of hydrogen-bond donors (Lipinski definition) is 1. The summed E-state index contributed by atoms with van der Waals surface area (Å²) in [6.45, 7) is 7.68. The Hall–Kier alpha value is -0.740. The van der Waals surface area contributed by atoms with E-state index in [1.54, 1.807) is 6.07 Å². The minimum atomic E-state index is -0.350. The molecule has 0 aromatic heterocycles. The smallest absolute Gasteiger partial charge is 0.233 e. The Bertz CT molecular complexity index is 459. The molecule has 0 saturated heterocycles. The number of hydrogen-bond acceptors (Lipinski definition) is 2. The Morgan fingerprint density at radius 3 is 2.63 bits per heavy atom. The Balaban J connectivity index is 2.54. The average Bonchev–Trinajstić information content (AvgIpc) is 2.25. The van der Waals surface area contributed by atoms with Crippen LogP contribution in [0.4, 0.5) is 4.39 Å². The van der Waals surface area contributed by atoms with Gasteiger partial charge in [-0.3, -0.25) is 4.79 Å². The third-order valence-electron chi connectivity index (χ3n) is 2.37. The lowest BCUT2D eigenvalue weighted by molar-refractivity contribution is -0.121. The molecule has 1 aromatic carbocycles. The summed E-state index contributed by atoms with van der Waals surface area (Å²) in [4.78, 5) is 11.9. The summed E-state index contributed by atoms with van der Waals surface area (Å²) >= 11 is 7.42. The van der Waals surface area contributed by atoms with Crippen LogP contribution in [-0.4, -0.2) is 16.7 Å². The van der Waals surface area contributed by atoms with Crippen molar-refractivity contribution in [1.82, 2.24) is 5.32 Å². The zero-order valence-corrected chi connectivity index (χ0v) is 13.2. The molecule has 5 heteroatoms. The van der Waals surface area contributed by atoms with Gasteiger partial charge >= 0.3 is 0 Å². The summed E-state index contributed by atoms with van der Waals surface area (Å²) < 4.78 is 12.9. The largest absolute Gasteiger partial charge is 0.351 e. The molecular formula is C14H19ClFNOS. The third kappa shape index (κ3) is 5.83. The first-order chi connectivity index (χ1) is 8.69. The SMILES string of the molecule is CC(SCc1ccc(F)cc1Cl)C(=O)NC(C)(C)C. The predicted molar refractivity (Wildman–Crippen MR) is 80.1 cm³/mol. The van der Waals surface area contributed by atoms with Crippen LogP contribution in [-0.2, 0) is 10.5 Å². The summed E-state index contributed by atoms with van der Waals surface area (Å²) in [5, 5.41) is 3.14. The number of carbonyl (C=O) groups excluding carboxylic acids is 1. The summed E-state index contributed by atoms with van der Waals surface area (Å²) in [6.07, 6.45) is 0. The number of nitrogens with one attached hydrogen (secondary N) is 1. The maximum Gasteiger partial charge on any atom is 0.233 e. The first-order valence-electron chi connectivity index (χ1n) is 6.06. The molecule has 0 radical (unpaired) electrons. The van der Waals surface area contributed by atoms with Gasteiger partial charge in [0.2, 0.25) is 5.91 Å². The lowest BCUT2D eigenvalue weighted by Crippen LogP contribution is -2.44. The van der Waals surface area contributed by atoms with Crippen molar-refractivity contribution in [1.29, 1.82) is 0 Å². The van der Waals surface area contributed by atoms with E-state index >= 15 is 0 Å². The fourth-order valence-corrected chi connectivity index (χ4v) is 2.61. The van der Waals surface area contributed by atoms with Gasteiger partial charge in [0.1, 0.15) is 5.82 Å². The number of rotatable bonds is 4. The van der Waals surface area contributed by atoms with Gasteiger partial charge in [-0.25, -0.2) is 4.39 Å². The van der Waals surface area contributed by atoms with Crippen molar-refractivity contribution in [2.24, 2.45) is 0 Å². The van der Waals surface area contributed by atoms with E-state index in [1.165, 1.54) is 23.9 Å². The highest BCUT2D eigenvalue weighted by Crippen LogP contribution is 2.24. The van der Waals surface area contributed by atoms with Crippen LogP contribution in [0.5, 0.6) is 0 Å². The topological polar surface area (TPSA) is 29.1 Å². The van der Waals surface area contributed by atoms with Crippen molar-refractivity contribution in [3.8, 4) is 0 Å². The van der Waals surface area contributed by atoms with Crippen molar-refractivity contribution in [2.45, 2.75) is 44.2 Å². The van der Waals surface area contributed by atoms with Crippen molar-refractivity contribution in [3.05, 3.63) is 34.6 Å². The van der Waals surface area contributed by atoms with Crippen LogP contribution in [0.1, 0.15) is 33.3 Å². The predicted octanol–water partition coefficient (Wildman–Crippen LogP) is 4.02. The number of halogens is 2. The standard InChI is InChI=1S/C14H19ClFNOS/c1-9(13(18)17-14(2,3)4)19-8-10-5-6-11(16)7-12(10)15/h5-7,9H,8H2,1-4H3,(H,17,18). The molecule has 1 atom stereocenters. The highest BCUT2D eigenvalue weighted by Gasteiger charge is 2.19. The molecule has 1 amide bonds. The maximum absolute atomic E-state index is 12.9. The second-order valence-corrected chi connectivity index (χ2v) is 7.16. The van der Waals surface area contributed by atoms with Gasteiger partial charge in [0.25, 0.3) is 0 Å². The van der Waals surface area contributed by atoms with Gasteiger partial charge < -0.3 is 5.32 Å². The minimum absolute atomic E-state index is 0.00395. The molecular weight excluding hydrogens is 285 g/mol. The normalized spacial score (nSPS) is 13.2. The molecule has 0 saturated carbocycles. The van der Waals surface area contributed by atoms with Crippen molar-refractivity contribution < 1.29 is 9.18 Å². The quantitative estimate of drug-likeness (QED) is 0.910. The first kappa shape index (κ1) is 16.3. The monoisotopic (exact) mass is 303 g/mol. The highest BCUT2D eigenvalue weighted by atomic mass is 35.5. The molecule has 1 aromatic rings. The fourth-order valence-electron chi connectivity index (χ4n) is 1.40. The van der Waals surface area contributed by atoms with Gasteiger partial charge in [-0.1, -0.05) is 17.7 Å². The maximum atomic E-state index is 12.9. The number of benzene rings is 1. The number of thioether (sulfide) groups is 1. The first-order valence-corrected chi connectivity index (χ1v) is 7.49. The molecule has 1 N–H and O–H groups in total. The minimum Gasteiger partial charge on any atom is -0.351 e. The molecule has 0 aliphatic heterocycles. The second-order valence-electron chi connectivity index (χ2n) is 5.43. The molecule has 19 heavy (non-hydrogen) atoms. The van der Waals surface area contributed by atoms with Crippen LogP contribution in [0.25, 0.3) is 0 Å². The van der Waals surface area contributed by atoms with Crippen LogP contribution >= 0.6 is 23.4 Å². The Kier molecular flexibility index (Phi) is 5.68. The van der Waals surface area contributed by atoms with Crippen LogP contribution in [0.3, 0.4) is 0 Å². The zero-order valence-electron chi connectivity index (χ0n) is 11.6. The summed E-state index contributed by atoms with van der Waals surface area (Å²) in [7, 11) is 0. The van der Waals surface area contributed by atoms with Crippen molar-refractivity contribution >= 4 is 29.3 Å². The van der Waals surface area contributed by atoms with Gasteiger partial charge in [-0.05, 0) is 45.4 Å². The summed E-state index contributed by atoms with van der Waals surface area (Å²) in [6, 6.07) is 4.32. The van der Waals surface area contributed by atoms with Gasteiger partial charge in [-0.15, -0.1) is 11.8 Å². The van der Waals surface area contributed by atoms with Crippen molar-refractivity contribution in [3.63, 3.8) is 0 Å². The molecule has 2 nitrogen and oxygen atoms in total. The second kappa shape index (κ2) is 6.62. The summed E-state index contributed by atoms with van der Waals surface area (Å²) in [5.74, 6) is 0.227. The lowest BCUT2D eigenvalue weighted by atomic mass is 10.1. The molecule has 1 unspecified atom stereocenters. The lowest BCUT2D eigenvalue weighted by Gasteiger charge is -2.23. The fraction of sp³-hybridized carbons (Fsp3) is 0.500. The Morgan fingerprint density at radius 1 is 1.47 bits per heavy atom. The van der Waals surface area contributed by atoms with E-state index in [1.807, 2.05) is 27.7 Å².